The van der Waals surface area contributed by atoms with Crippen LogP contribution in [0, 0.1) is 34.6 Å². The van der Waals surface area contributed by atoms with Crippen molar-refractivity contribution in [2.45, 2.75) is 41.0 Å². The second-order valence-corrected chi connectivity index (χ2v) is 14.8. The van der Waals surface area contributed by atoms with Gasteiger partial charge < -0.3 is 62.7 Å². The molecule has 0 spiro atoms. The van der Waals surface area contributed by atoms with Crippen LogP contribution in [0.2, 0.25) is 0 Å². The number of aryl methyl sites for hydroxylation is 5. The van der Waals surface area contributed by atoms with Crippen molar-refractivity contribution in [2.24, 2.45) is 0 Å². The first kappa shape index (κ1) is 54.4. The van der Waals surface area contributed by atoms with Crippen LogP contribution < -0.4 is 15.4 Å². The average Bonchev–Trinajstić information content (AvgIpc) is 3.28. The molecule has 0 aromatic heterocycles. The summed E-state index contributed by atoms with van der Waals surface area (Å²) < 4.78 is 59.3. The Morgan fingerprint density at radius 2 is 0.892 bits per heavy atom. The molecule has 2 amide bonds. The maximum absolute atomic E-state index is 12.4. The van der Waals surface area contributed by atoms with Crippen molar-refractivity contribution in [3.8, 4) is 16.9 Å². The number of hydrogen-bond donors (Lipinski definition) is 2. The van der Waals surface area contributed by atoms with E-state index in [1.807, 2.05) is 13.0 Å². The monoisotopic (exact) mass is 912 g/mol. The lowest BCUT2D eigenvalue weighted by Crippen LogP contribution is -2.32. The highest BCUT2D eigenvalue weighted by Gasteiger charge is 2.16. The Kier molecular flexibility index (Phi) is 26.6. The van der Waals surface area contributed by atoms with Gasteiger partial charge in [-0.15, -0.1) is 0 Å². The topological polar surface area (TPSA) is 194 Å². The zero-order valence-corrected chi connectivity index (χ0v) is 39.1. The van der Waals surface area contributed by atoms with Crippen LogP contribution in [0.25, 0.3) is 11.1 Å². The molecule has 0 aliphatic carbocycles. The second-order valence-electron chi connectivity index (χ2n) is 14.8. The third-order valence-electron chi connectivity index (χ3n) is 9.53. The molecule has 0 aliphatic rings. The summed E-state index contributed by atoms with van der Waals surface area (Å²) in [5.74, 6) is -1.17. The normalized spacial score (nSPS) is 11.1. The minimum Gasteiger partial charge on any atom is -0.483 e. The predicted octanol–water partition coefficient (Wildman–Crippen LogP) is 5.13. The van der Waals surface area contributed by atoms with E-state index in [0.29, 0.717) is 111 Å². The molecule has 0 unspecified atom stereocenters. The van der Waals surface area contributed by atoms with Gasteiger partial charge in [0, 0.05) is 12.2 Å². The number of anilines is 1. The second kappa shape index (κ2) is 31.8. The summed E-state index contributed by atoms with van der Waals surface area (Å²) in [5, 5.41) is 5.46. The number of carbonyl (C=O) groups excluding carboxylic acids is 4. The third kappa shape index (κ3) is 21.7. The largest absolute Gasteiger partial charge is 0.483 e. The quantitative estimate of drug-likeness (QED) is 0.0592. The number of ether oxygens (including phenoxy) is 11. The van der Waals surface area contributed by atoms with Crippen LogP contribution in [-0.2, 0) is 57.0 Å². The van der Waals surface area contributed by atoms with Crippen LogP contribution >= 0.6 is 0 Å². The predicted molar refractivity (Wildman–Crippen MR) is 243 cm³/mol. The SMILES string of the molecule is COC(=O)c1cc(NC(=O)CCOCCOCCOCCOCCOCCOCCOCCOCCNC(=O)COc2cc(C)c(-c3c(C)cc(C)cc3C)cc2C)cc(C(=O)OC)c1. The molecular formula is C48H68N2O15. The van der Waals surface area contributed by atoms with E-state index in [0.717, 1.165) is 11.1 Å². The Labute approximate surface area is 382 Å². The fourth-order valence-corrected chi connectivity index (χ4v) is 6.48. The summed E-state index contributed by atoms with van der Waals surface area (Å²) in [6.07, 6.45) is 0.0582. The Morgan fingerprint density at radius 1 is 0.462 bits per heavy atom. The van der Waals surface area contributed by atoms with E-state index in [1.165, 1.54) is 60.2 Å². The molecule has 3 rings (SSSR count). The Hall–Kier alpha value is -4.98. The summed E-state index contributed by atoms with van der Waals surface area (Å²) in [7, 11) is 2.44. The van der Waals surface area contributed by atoms with Crippen LogP contribution in [0.15, 0.2) is 42.5 Å². The molecule has 0 radical (unpaired) electrons. The number of rotatable bonds is 34. The zero-order chi connectivity index (χ0) is 47.2. The van der Waals surface area contributed by atoms with Gasteiger partial charge in [-0.25, -0.2) is 9.59 Å². The molecule has 0 bridgehead atoms. The molecule has 65 heavy (non-hydrogen) atoms. The molecule has 360 valence electrons. The van der Waals surface area contributed by atoms with Crippen molar-refractivity contribution in [1.29, 1.82) is 0 Å². The van der Waals surface area contributed by atoms with E-state index in [2.05, 4.69) is 56.5 Å². The lowest BCUT2D eigenvalue weighted by atomic mass is 9.90. The van der Waals surface area contributed by atoms with Gasteiger partial charge in [-0.3, -0.25) is 9.59 Å². The van der Waals surface area contributed by atoms with E-state index in [4.69, 9.17) is 52.1 Å². The fraction of sp³-hybridized carbons (Fsp3) is 0.542. The zero-order valence-electron chi connectivity index (χ0n) is 39.1. The molecule has 17 nitrogen and oxygen atoms in total. The number of hydrogen-bond acceptors (Lipinski definition) is 15. The number of methoxy groups -OCH3 is 2. The fourth-order valence-electron chi connectivity index (χ4n) is 6.48. The van der Waals surface area contributed by atoms with Gasteiger partial charge in [-0.05, 0) is 98.3 Å². The van der Waals surface area contributed by atoms with E-state index in [9.17, 15) is 19.2 Å². The Bertz CT molecular complexity index is 1860. The first-order valence-corrected chi connectivity index (χ1v) is 21.8. The molecule has 0 saturated heterocycles. The van der Waals surface area contributed by atoms with E-state index in [1.54, 1.807) is 0 Å². The minimum atomic E-state index is -0.652. The van der Waals surface area contributed by atoms with E-state index < -0.39 is 11.9 Å². The molecular weight excluding hydrogens is 845 g/mol. The molecule has 0 saturated carbocycles. The number of esters is 2. The van der Waals surface area contributed by atoms with Crippen LogP contribution in [-0.4, -0.2) is 157 Å². The van der Waals surface area contributed by atoms with Crippen molar-refractivity contribution < 1.29 is 71.3 Å². The van der Waals surface area contributed by atoms with Crippen molar-refractivity contribution in [3.05, 3.63) is 81.4 Å². The van der Waals surface area contributed by atoms with Gasteiger partial charge in [0.1, 0.15) is 5.75 Å². The number of benzene rings is 3. The molecule has 0 heterocycles. The molecule has 0 atom stereocenters. The maximum atomic E-state index is 12.4. The lowest BCUT2D eigenvalue weighted by molar-refractivity contribution is -0.123. The number of nitrogens with one attached hydrogen (secondary N) is 2. The van der Waals surface area contributed by atoms with Crippen LogP contribution in [0.3, 0.4) is 0 Å². The van der Waals surface area contributed by atoms with Crippen LogP contribution in [0.4, 0.5) is 5.69 Å². The lowest BCUT2D eigenvalue weighted by Gasteiger charge is -2.17. The number of carbonyl (C=O) groups is 4. The van der Waals surface area contributed by atoms with Gasteiger partial charge >= 0.3 is 11.9 Å². The van der Waals surface area contributed by atoms with E-state index in [-0.39, 0.29) is 48.3 Å². The Morgan fingerprint density at radius 3 is 1.34 bits per heavy atom. The van der Waals surface area contributed by atoms with Gasteiger partial charge in [0.25, 0.3) is 5.91 Å². The summed E-state index contributed by atoms with van der Waals surface area (Å²) in [5.41, 5.74) is 8.71. The highest BCUT2D eigenvalue weighted by atomic mass is 16.6. The molecule has 3 aromatic carbocycles. The maximum Gasteiger partial charge on any atom is 0.337 e. The molecule has 0 aliphatic heterocycles. The van der Waals surface area contributed by atoms with Crippen molar-refractivity contribution in [3.63, 3.8) is 0 Å². The molecule has 2 N–H and O–H groups in total. The third-order valence-corrected chi connectivity index (χ3v) is 9.53. The summed E-state index contributed by atoms with van der Waals surface area (Å²) in [6.45, 7) is 17.0. The summed E-state index contributed by atoms with van der Waals surface area (Å²) in [4.78, 5) is 48.5. The van der Waals surface area contributed by atoms with Gasteiger partial charge in [-0.2, -0.15) is 0 Å². The van der Waals surface area contributed by atoms with Crippen LogP contribution in [0.5, 0.6) is 5.75 Å². The highest BCUT2D eigenvalue weighted by Crippen LogP contribution is 2.34. The molecule has 17 heteroatoms. The molecule has 0 fully saturated rings. The first-order chi connectivity index (χ1) is 31.4. The highest BCUT2D eigenvalue weighted by molar-refractivity contribution is 5.99. The van der Waals surface area contributed by atoms with Crippen molar-refractivity contribution >= 4 is 29.4 Å². The standard InChI is InChI=1S/C48H68N2O15/c1-34-26-37(4)46(38(5)27-34)42-28-36(3)43(29-35(42)2)65-33-45(52)49-9-11-58-13-15-60-17-19-62-21-23-64-25-24-63-22-20-61-18-16-59-14-12-57-10-8-44(51)50-41-31-39(47(53)55-6)30-40(32-41)48(54)56-7/h26-32H,8-25,33H2,1-7H3,(H,49,52)(H,50,51). The van der Waals surface area contributed by atoms with Crippen molar-refractivity contribution in [2.75, 3.05) is 138 Å². The Balaban J connectivity index is 1.03. The average molecular weight is 913 g/mol. The summed E-state index contributed by atoms with van der Waals surface area (Å²) in [6, 6.07) is 12.7. The van der Waals surface area contributed by atoms with Gasteiger partial charge in [0.2, 0.25) is 5.91 Å². The van der Waals surface area contributed by atoms with Gasteiger partial charge in [0.15, 0.2) is 6.61 Å². The smallest absolute Gasteiger partial charge is 0.337 e. The first-order valence-electron chi connectivity index (χ1n) is 21.8. The summed E-state index contributed by atoms with van der Waals surface area (Å²) >= 11 is 0. The minimum absolute atomic E-state index is 0.0582. The van der Waals surface area contributed by atoms with Crippen LogP contribution in [0.1, 0.15) is 55.0 Å². The van der Waals surface area contributed by atoms with Gasteiger partial charge in [-0.1, -0.05) is 17.7 Å². The molecule has 3 aromatic rings. The van der Waals surface area contributed by atoms with E-state index >= 15 is 0 Å². The van der Waals surface area contributed by atoms with Gasteiger partial charge in [0.05, 0.1) is 137 Å². The number of amides is 2. The van der Waals surface area contributed by atoms with Crippen molar-refractivity contribution in [1.82, 2.24) is 5.32 Å².